The zero-order valence-electron chi connectivity index (χ0n) is 21.2. The van der Waals surface area contributed by atoms with Crippen LogP contribution in [0.25, 0.3) is 22.0 Å². The van der Waals surface area contributed by atoms with E-state index in [9.17, 15) is 4.79 Å². The van der Waals surface area contributed by atoms with Crippen molar-refractivity contribution in [1.29, 1.82) is 0 Å². The summed E-state index contributed by atoms with van der Waals surface area (Å²) in [5.41, 5.74) is 1.67. The molecule has 1 unspecified atom stereocenters. The van der Waals surface area contributed by atoms with Crippen molar-refractivity contribution in [2.75, 3.05) is 37.4 Å². The van der Waals surface area contributed by atoms with E-state index in [1.807, 2.05) is 51.1 Å². The lowest BCUT2D eigenvalue weighted by Crippen LogP contribution is -2.42. The van der Waals surface area contributed by atoms with Crippen molar-refractivity contribution in [2.24, 2.45) is 0 Å². The molecule has 186 valence electrons. The minimum absolute atomic E-state index is 0.326. The molecule has 1 amide bonds. The summed E-state index contributed by atoms with van der Waals surface area (Å²) in [5.74, 6) is 1.32. The number of methoxy groups -OCH3 is 1. The Labute approximate surface area is 207 Å². The maximum atomic E-state index is 12.6. The Morgan fingerprint density at radius 1 is 1.20 bits per heavy atom. The highest BCUT2D eigenvalue weighted by molar-refractivity contribution is 6.03. The fourth-order valence-corrected chi connectivity index (χ4v) is 4.36. The van der Waals surface area contributed by atoms with Crippen LogP contribution in [0.15, 0.2) is 42.6 Å². The van der Waals surface area contributed by atoms with Gasteiger partial charge >= 0.3 is 6.09 Å². The monoisotopic (exact) mass is 477 g/mol. The van der Waals surface area contributed by atoms with Gasteiger partial charge in [0.2, 0.25) is 5.95 Å². The molecular weight excluding hydrogens is 442 g/mol. The lowest BCUT2D eigenvalue weighted by atomic mass is 10.0. The van der Waals surface area contributed by atoms with Crippen molar-refractivity contribution in [3.05, 3.63) is 42.6 Å². The molecule has 2 heterocycles. The van der Waals surface area contributed by atoms with Gasteiger partial charge in [-0.2, -0.15) is 0 Å². The number of aromatic nitrogens is 2. The van der Waals surface area contributed by atoms with Crippen molar-refractivity contribution in [3.63, 3.8) is 0 Å². The number of likely N-dealkylation sites (N-methyl/N-ethyl adjacent to an activating group) is 1. The van der Waals surface area contributed by atoms with Crippen LogP contribution in [0.1, 0.15) is 40.5 Å². The molecule has 8 nitrogen and oxygen atoms in total. The van der Waals surface area contributed by atoms with Crippen LogP contribution in [0.2, 0.25) is 0 Å². The third-order valence-corrected chi connectivity index (χ3v) is 6.03. The van der Waals surface area contributed by atoms with Crippen molar-refractivity contribution in [3.8, 4) is 17.0 Å². The zero-order chi connectivity index (χ0) is 25.0. The predicted octanol–water partition coefficient (Wildman–Crippen LogP) is 5.55. The number of ether oxygens (including phenoxy) is 2. The van der Waals surface area contributed by atoms with Crippen LogP contribution in [0, 0.1) is 0 Å². The van der Waals surface area contributed by atoms with E-state index < -0.39 is 11.7 Å². The molecule has 4 rings (SSSR count). The Morgan fingerprint density at radius 2 is 2.03 bits per heavy atom. The molecule has 0 saturated carbocycles. The molecule has 0 bridgehead atoms. The van der Waals surface area contributed by atoms with Crippen LogP contribution in [0.5, 0.6) is 5.75 Å². The minimum atomic E-state index is -0.602. The number of hydrogen-bond donors (Lipinski definition) is 2. The van der Waals surface area contributed by atoms with Gasteiger partial charge in [-0.15, -0.1) is 0 Å². The quantitative estimate of drug-likeness (QED) is 0.481. The van der Waals surface area contributed by atoms with Crippen LogP contribution in [0.3, 0.4) is 0 Å². The molecule has 1 aliphatic heterocycles. The molecule has 8 heteroatoms. The van der Waals surface area contributed by atoms with Crippen molar-refractivity contribution in [2.45, 2.75) is 52.2 Å². The van der Waals surface area contributed by atoms with Crippen LogP contribution in [-0.2, 0) is 4.74 Å². The molecule has 2 N–H and O–H groups in total. The first-order chi connectivity index (χ1) is 16.7. The Balaban J connectivity index is 1.66. The normalized spacial score (nSPS) is 16.7. The molecule has 1 aromatic heterocycles. The average molecular weight is 478 g/mol. The molecule has 2 aromatic carbocycles. The number of hydrogen-bond acceptors (Lipinski definition) is 7. The van der Waals surface area contributed by atoms with Gasteiger partial charge in [-0.3, -0.25) is 5.32 Å². The van der Waals surface area contributed by atoms with Gasteiger partial charge in [-0.1, -0.05) is 13.0 Å². The average Bonchev–Trinajstić information content (AvgIpc) is 2.82. The predicted molar refractivity (Wildman–Crippen MR) is 140 cm³/mol. The van der Waals surface area contributed by atoms with Gasteiger partial charge in [0, 0.05) is 29.7 Å². The second-order valence-electron chi connectivity index (χ2n) is 9.88. The third-order valence-electron chi connectivity index (χ3n) is 6.03. The molecule has 3 aromatic rings. The SMILES string of the molecule is CCN1CCCC(Nc2nccc(-c3cc(NC(=O)OC(C)(C)C)c4cc(OC)ccc4c3)n2)C1. The highest BCUT2D eigenvalue weighted by Gasteiger charge is 2.20. The molecule has 1 saturated heterocycles. The first-order valence-electron chi connectivity index (χ1n) is 12.2. The van der Waals surface area contributed by atoms with Gasteiger partial charge in [0.25, 0.3) is 0 Å². The number of carbonyl (C=O) groups is 1. The van der Waals surface area contributed by atoms with E-state index in [1.54, 1.807) is 13.3 Å². The number of rotatable bonds is 6. The van der Waals surface area contributed by atoms with Gasteiger partial charge in [0.15, 0.2) is 0 Å². The molecule has 0 spiro atoms. The van der Waals surface area contributed by atoms with Crippen molar-refractivity contribution in [1.82, 2.24) is 14.9 Å². The smallest absolute Gasteiger partial charge is 0.412 e. The molecule has 1 atom stereocenters. The maximum Gasteiger partial charge on any atom is 0.412 e. The van der Waals surface area contributed by atoms with Gasteiger partial charge in [-0.25, -0.2) is 14.8 Å². The second-order valence-corrected chi connectivity index (χ2v) is 9.88. The number of piperidine rings is 1. The van der Waals surface area contributed by atoms with E-state index in [1.165, 1.54) is 6.42 Å². The van der Waals surface area contributed by atoms with Crippen LogP contribution >= 0.6 is 0 Å². The molecule has 0 radical (unpaired) electrons. The number of nitrogens with zero attached hydrogens (tertiary/aromatic N) is 3. The zero-order valence-corrected chi connectivity index (χ0v) is 21.2. The number of likely N-dealkylation sites (tertiary alicyclic amines) is 1. The summed E-state index contributed by atoms with van der Waals surface area (Å²) in [6, 6.07) is 12.0. The molecule has 1 aliphatic rings. The van der Waals surface area contributed by atoms with E-state index in [2.05, 4.69) is 33.5 Å². The Kier molecular flexibility index (Phi) is 7.40. The van der Waals surface area contributed by atoms with Crippen LogP contribution in [0.4, 0.5) is 16.4 Å². The number of carbonyl (C=O) groups excluding carboxylic acids is 1. The Bertz CT molecular complexity index is 1190. The van der Waals surface area contributed by atoms with E-state index >= 15 is 0 Å². The second kappa shape index (κ2) is 10.5. The van der Waals surface area contributed by atoms with E-state index in [4.69, 9.17) is 14.5 Å². The van der Waals surface area contributed by atoms with E-state index in [-0.39, 0.29) is 0 Å². The first kappa shape index (κ1) is 24.7. The molecule has 35 heavy (non-hydrogen) atoms. The lowest BCUT2D eigenvalue weighted by Gasteiger charge is -2.32. The van der Waals surface area contributed by atoms with Crippen LogP contribution < -0.4 is 15.4 Å². The highest BCUT2D eigenvalue weighted by Crippen LogP contribution is 2.33. The molecule has 1 fully saturated rings. The third kappa shape index (κ3) is 6.39. The molecular formula is C27H35N5O3. The number of anilines is 2. The number of benzene rings is 2. The fourth-order valence-electron chi connectivity index (χ4n) is 4.36. The summed E-state index contributed by atoms with van der Waals surface area (Å²) >= 11 is 0. The Hall–Kier alpha value is -3.39. The summed E-state index contributed by atoms with van der Waals surface area (Å²) < 4.78 is 10.9. The van der Waals surface area contributed by atoms with Crippen molar-refractivity contribution >= 4 is 28.5 Å². The van der Waals surface area contributed by atoms with Gasteiger partial charge in [0.05, 0.1) is 18.5 Å². The number of fused-ring (bicyclic) bond motifs is 1. The maximum absolute atomic E-state index is 12.6. The summed E-state index contributed by atoms with van der Waals surface area (Å²) in [4.78, 5) is 24.3. The molecule has 0 aliphatic carbocycles. The van der Waals surface area contributed by atoms with Gasteiger partial charge < -0.3 is 19.7 Å². The van der Waals surface area contributed by atoms with E-state index in [0.717, 1.165) is 48.1 Å². The summed E-state index contributed by atoms with van der Waals surface area (Å²) in [5, 5.41) is 8.23. The summed E-state index contributed by atoms with van der Waals surface area (Å²) in [7, 11) is 1.62. The standard InChI is InChI=1S/C27H35N5O3/c1-6-32-13-7-8-20(17-32)29-25-28-12-11-23(30-25)19-14-18-9-10-21(34-5)16-22(18)24(15-19)31-26(33)35-27(2,3)4/h9-12,14-16,20H,6-8,13,17H2,1-5H3,(H,31,33)(H,28,29,30). The first-order valence-corrected chi connectivity index (χ1v) is 12.2. The topological polar surface area (TPSA) is 88.6 Å². The van der Waals surface area contributed by atoms with Crippen molar-refractivity contribution < 1.29 is 14.3 Å². The fraction of sp³-hybridized carbons (Fsp3) is 0.444. The van der Waals surface area contributed by atoms with Gasteiger partial charge in [-0.05, 0) is 82.4 Å². The van der Waals surface area contributed by atoms with E-state index in [0.29, 0.717) is 23.4 Å². The summed E-state index contributed by atoms with van der Waals surface area (Å²) in [6.07, 6.45) is 3.52. The Morgan fingerprint density at radius 3 is 2.77 bits per heavy atom. The lowest BCUT2D eigenvalue weighted by molar-refractivity contribution is 0.0636. The van der Waals surface area contributed by atoms with Gasteiger partial charge in [0.1, 0.15) is 11.4 Å². The largest absolute Gasteiger partial charge is 0.497 e. The number of amides is 1. The van der Waals surface area contributed by atoms with Crippen LogP contribution in [-0.4, -0.2) is 59.3 Å². The highest BCUT2D eigenvalue weighted by atomic mass is 16.6. The summed E-state index contributed by atoms with van der Waals surface area (Å²) in [6.45, 7) is 10.9. The minimum Gasteiger partial charge on any atom is -0.497 e. The number of nitrogens with one attached hydrogen (secondary N) is 2.